The number of carbonyl (C=O) groups excluding carboxylic acids is 2. The van der Waals surface area contributed by atoms with E-state index in [0.717, 1.165) is 49.1 Å². The van der Waals surface area contributed by atoms with Crippen molar-refractivity contribution in [2.45, 2.75) is 25.7 Å². The Kier molecular flexibility index (Phi) is 6.33. The van der Waals surface area contributed by atoms with Crippen molar-refractivity contribution in [2.24, 2.45) is 5.41 Å². The fraction of sp³-hybridized carbons (Fsp3) is 0.385. The van der Waals surface area contributed by atoms with Crippen molar-refractivity contribution in [1.29, 1.82) is 0 Å². The first-order valence-electron chi connectivity index (χ1n) is 11.3. The Bertz CT molecular complexity index is 1030. The predicted octanol–water partition coefficient (Wildman–Crippen LogP) is 3.25. The normalized spacial score (nSPS) is 20.1. The molecule has 0 saturated carbocycles. The molecule has 0 fully saturated rings. The van der Waals surface area contributed by atoms with E-state index >= 15 is 0 Å². The molecule has 2 aromatic rings. The van der Waals surface area contributed by atoms with Gasteiger partial charge >= 0.3 is 0 Å². The van der Waals surface area contributed by atoms with Crippen molar-refractivity contribution in [3.63, 3.8) is 0 Å². The van der Waals surface area contributed by atoms with E-state index in [2.05, 4.69) is 22.4 Å². The molecule has 168 valence electrons. The van der Waals surface area contributed by atoms with Gasteiger partial charge in [0.05, 0.1) is 0 Å². The summed E-state index contributed by atoms with van der Waals surface area (Å²) < 4.78 is 0. The summed E-state index contributed by atoms with van der Waals surface area (Å²) in [6.07, 6.45) is 5.57. The standard InChI is InChI=1S/C26H32N4O2/c1-29(2)16-14-28-24(31)21-11-12-26(18-21)13-15-30(23-6-4-3-5-20(23)17-26)25(32)19-7-9-22(27)10-8-19/h3-10,18H,11-17,27H2,1-2H3,(H,28,31)/t26-/m0/s1. The highest BCUT2D eigenvalue weighted by Crippen LogP contribution is 2.46. The van der Waals surface area contributed by atoms with Gasteiger partial charge in [-0.3, -0.25) is 9.59 Å². The molecule has 1 heterocycles. The van der Waals surface area contributed by atoms with Crippen molar-refractivity contribution >= 4 is 23.2 Å². The van der Waals surface area contributed by atoms with Crippen LogP contribution in [0.15, 0.2) is 60.2 Å². The summed E-state index contributed by atoms with van der Waals surface area (Å²) in [6, 6.07) is 15.2. The highest BCUT2D eigenvalue weighted by molar-refractivity contribution is 6.06. The number of rotatable bonds is 5. The summed E-state index contributed by atoms with van der Waals surface area (Å²) in [7, 11) is 3.99. The van der Waals surface area contributed by atoms with Gasteiger partial charge in [0.1, 0.15) is 0 Å². The number of allylic oxidation sites excluding steroid dienone is 1. The Morgan fingerprint density at radius 2 is 1.84 bits per heavy atom. The lowest BCUT2D eigenvalue weighted by Gasteiger charge is -2.26. The quantitative estimate of drug-likeness (QED) is 0.711. The third kappa shape index (κ3) is 4.70. The van der Waals surface area contributed by atoms with E-state index in [1.165, 1.54) is 0 Å². The Morgan fingerprint density at radius 3 is 2.59 bits per heavy atom. The molecule has 4 rings (SSSR count). The number of nitrogens with two attached hydrogens (primary N) is 1. The van der Waals surface area contributed by atoms with Gasteiger partial charge in [0, 0.05) is 42.1 Å². The molecule has 1 atom stereocenters. The summed E-state index contributed by atoms with van der Waals surface area (Å²) in [5.74, 6) is 0.0224. The molecule has 0 bridgehead atoms. The second kappa shape index (κ2) is 9.17. The highest BCUT2D eigenvalue weighted by Gasteiger charge is 2.39. The monoisotopic (exact) mass is 432 g/mol. The summed E-state index contributed by atoms with van der Waals surface area (Å²) >= 11 is 0. The third-order valence-corrected chi connectivity index (χ3v) is 6.57. The second-order valence-corrected chi connectivity index (χ2v) is 9.23. The van der Waals surface area contributed by atoms with Crippen LogP contribution in [0.4, 0.5) is 11.4 Å². The zero-order valence-corrected chi connectivity index (χ0v) is 18.9. The number of likely N-dealkylation sites (N-methyl/N-ethyl adjacent to an activating group) is 1. The molecular formula is C26H32N4O2. The highest BCUT2D eigenvalue weighted by atomic mass is 16.2. The number of nitrogens with zero attached hydrogens (tertiary/aromatic N) is 2. The molecule has 0 unspecified atom stereocenters. The van der Waals surface area contributed by atoms with Crippen molar-refractivity contribution < 1.29 is 9.59 Å². The number of nitrogens with one attached hydrogen (secondary N) is 1. The maximum atomic E-state index is 13.4. The van der Waals surface area contributed by atoms with Crippen LogP contribution in [0, 0.1) is 5.41 Å². The van der Waals surface area contributed by atoms with Crippen LogP contribution in [-0.2, 0) is 11.2 Å². The minimum Gasteiger partial charge on any atom is -0.399 e. The summed E-state index contributed by atoms with van der Waals surface area (Å²) in [4.78, 5) is 30.0. The number of benzene rings is 2. The average Bonchev–Trinajstić information content (AvgIpc) is 3.11. The number of hydrogen-bond acceptors (Lipinski definition) is 4. The Balaban J connectivity index is 1.56. The topological polar surface area (TPSA) is 78.7 Å². The van der Waals surface area contributed by atoms with Gasteiger partial charge in [-0.15, -0.1) is 0 Å². The fourth-order valence-electron chi connectivity index (χ4n) is 4.76. The van der Waals surface area contributed by atoms with Crippen LogP contribution in [0.3, 0.4) is 0 Å². The molecule has 0 radical (unpaired) electrons. The lowest BCUT2D eigenvalue weighted by Crippen LogP contribution is -2.33. The molecule has 6 heteroatoms. The maximum Gasteiger partial charge on any atom is 0.258 e. The molecule has 1 spiro atoms. The molecule has 6 nitrogen and oxygen atoms in total. The van der Waals surface area contributed by atoms with Crippen LogP contribution in [0.5, 0.6) is 0 Å². The van der Waals surface area contributed by atoms with Crippen LogP contribution in [0.25, 0.3) is 0 Å². The van der Waals surface area contributed by atoms with Gasteiger partial charge in [-0.25, -0.2) is 0 Å². The fourth-order valence-corrected chi connectivity index (χ4v) is 4.76. The molecular weight excluding hydrogens is 400 g/mol. The SMILES string of the molecule is CN(C)CCNC(=O)C1=C[C@@]2(CC1)CCN(C(=O)c1ccc(N)cc1)c1ccccc1C2. The van der Waals surface area contributed by atoms with Gasteiger partial charge < -0.3 is 20.9 Å². The first kappa shape index (κ1) is 22.1. The molecule has 2 amide bonds. The molecule has 1 aliphatic heterocycles. The second-order valence-electron chi connectivity index (χ2n) is 9.23. The van der Waals surface area contributed by atoms with Crippen LogP contribution in [0.2, 0.25) is 0 Å². The lowest BCUT2D eigenvalue weighted by atomic mass is 9.79. The van der Waals surface area contributed by atoms with Crippen LogP contribution in [-0.4, -0.2) is 50.4 Å². The molecule has 1 aliphatic carbocycles. The van der Waals surface area contributed by atoms with Crippen molar-refractivity contribution in [3.8, 4) is 0 Å². The minimum absolute atomic E-state index is 0.0156. The molecule has 2 aliphatic rings. The smallest absolute Gasteiger partial charge is 0.258 e. The number of nitrogen functional groups attached to an aromatic ring is 1. The largest absolute Gasteiger partial charge is 0.399 e. The van der Waals surface area contributed by atoms with E-state index in [1.807, 2.05) is 37.2 Å². The number of fused-ring (bicyclic) bond motifs is 1. The number of amides is 2. The van der Waals surface area contributed by atoms with E-state index < -0.39 is 0 Å². The first-order valence-corrected chi connectivity index (χ1v) is 11.3. The van der Waals surface area contributed by atoms with E-state index in [0.29, 0.717) is 24.3 Å². The van der Waals surface area contributed by atoms with Crippen LogP contribution >= 0.6 is 0 Å². The van der Waals surface area contributed by atoms with Gasteiger partial charge in [-0.05, 0) is 81.1 Å². The Hall–Kier alpha value is -3.12. The van der Waals surface area contributed by atoms with E-state index in [1.54, 1.807) is 24.3 Å². The zero-order valence-electron chi connectivity index (χ0n) is 18.9. The maximum absolute atomic E-state index is 13.4. The summed E-state index contributed by atoms with van der Waals surface area (Å²) in [5, 5.41) is 3.04. The average molecular weight is 433 g/mol. The van der Waals surface area contributed by atoms with Crippen molar-refractivity contribution in [2.75, 3.05) is 44.4 Å². The molecule has 32 heavy (non-hydrogen) atoms. The number of anilines is 2. The van der Waals surface area contributed by atoms with Crippen LogP contribution < -0.4 is 16.0 Å². The van der Waals surface area contributed by atoms with Gasteiger partial charge in [0.25, 0.3) is 5.91 Å². The van der Waals surface area contributed by atoms with Crippen molar-refractivity contribution in [3.05, 3.63) is 71.3 Å². The van der Waals surface area contributed by atoms with Crippen LogP contribution in [0.1, 0.15) is 35.2 Å². The number of para-hydroxylation sites is 1. The van der Waals surface area contributed by atoms with Gasteiger partial charge in [0.2, 0.25) is 5.91 Å². The van der Waals surface area contributed by atoms with Gasteiger partial charge in [-0.2, -0.15) is 0 Å². The Labute approximate surface area is 190 Å². The number of hydrogen-bond donors (Lipinski definition) is 2. The Morgan fingerprint density at radius 1 is 1.09 bits per heavy atom. The zero-order chi connectivity index (χ0) is 22.7. The molecule has 0 saturated heterocycles. The first-order chi connectivity index (χ1) is 15.4. The third-order valence-electron chi connectivity index (χ3n) is 6.57. The molecule has 2 aromatic carbocycles. The summed E-state index contributed by atoms with van der Waals surface area (Å²) in [5.41, 5.74) is 9.97. The van der Waals surface area contributed by atoms with E-state index in [-0.39, 0.29) is 17.2 Å². The molecule has 0 aromatic heterocycles. The van der Waals surface area contributed by atoms with Gasteiger partial charge in [-0.1, -0.05) is 24.3 Å². The lowest BCUT2D eigenvalue weighted by molar-refractivity contribution is -0.117. The van der Waals surface area contributed by atoms with E-state index in [4.69, 9.17) is 5.73 Å². The number of carbonyl (C=O) groups is 2. The summed E-state index contributed by atoms with van der Waals surface area (Å²) in [6.45, 7) is 2.08. The van der Waals surface area contributed by atoms with E-state index in [9.17, 15) is 9.59 Å². The van der Waals surface area contributed by atoms with Gasteiger partial charge in [0.15, 0.2) is 0 Å². The predicted molar refractivity (Wildman–Crippen MR) is 129 cm³/mol. The molecule has 3 N–H and O–H groups in total. The van der Waals surface area contributed by atoms with Crippen molar-refractivity contribution in [1.82, 2.24) is 10.2 Å². The minimum atomic E-state index is -0.0968.